The molecule has 0 spiro atoms. The average Bonchev–Trinajstić information content (AvgIpc) is 2.69. The third-order valence-electron chi connectivity index (χ3n) is 2.29. The Morgan fingerprint density at radius 2 is 2.24 bits per heavy atom. The molecule has 1 aromatic heterocycles. The minimum absolute atomic E-state index is 0.763. The summed E-state index contributed by atoms with van der Waals surface area (Å²) in [5.41, 5.74) is 1.17. The molecule has 0 radical (unpaired) electrons. The first kappa shape index (κ1) is 13.0. The minimum atomic E-state index is 0.763. The minimum Gasteiger partial charge on any atom is -0.308 e. The molecule has 0 bridgehead atoms. The number of aromatic nitrogens is 1. The standard InChI is InChI=1S/C12H12BrClN2S/c1-8-16-7-11(17-8)6-15-5-9-4-10(14)2-3-12(9)13/h2-4,7,15H,5-6H2,1H3. The van der Waals surface area contributed by atoms with E-state index in [4.69, 9.17) is 11.6 Å². The Morgan fingerprint density at radius 3 is 2.94 bits per heavy atom. The first-order valence-corrected chi connectivity index (χ1v) is 7.20. The van der Waals surface area contributed by atoms with Crippen molar-refractivity contribution in [2.75, 3.05) is 0 Å². The van der Waals surface area contributed by atoms with Gasteiger partial charge in [-0.25, -0.2) is 4.98 Å². The van der Waals surface area contributed by atoms with E-state index in [1.807, 2.05) is 31.3 Å². The second-order valence-electron chi connectivity index (χ2n) is 3.68. The lowest BCUT2D eigenvalue weighted by atomic mass is 10.2. The van der Waals surface area contributed by atoms with Gasteiger partial charge >= 0.3 is 0 Å². The predicted molar refractivity (Wildman–Crippen MR) is 76.5 cm³/mol. The van der Waals surface area contributed by atoms with E-state index in [1.165, 1.54) is 10.4 Å². The maximum Gasteiger partial charge on any atom is 0.0897 e. The van der Waals surface area contributed by atoms with Gasteiger partial charge in [-0.2, -0.15) is 0 Å². The molecule has 1 aromatic carbocycles. The Bertz CT molecular complexity index is 513. The van der Waals surface area contributed by atoms with Crippen LogP contribution in [0.3, 0.4) is 0 Å². The maximum atomic E-state index is 5.96. The molecule has 1 heterocycles. The van der Waals surface area contributed by atoms with Gasteiger partial charge in [0, 0.05) is 33.7 Å². The summed E-state index contributed by atoms with van der Waals surface area (Å²) in [6.07, 6.45) is 1.92. The zero-order valence-corrected chi connectivity index (χ0v) is 12.5. The van der Waals surface area contributed by atoms with Gasteiger partial charge in [0.15, 0.2) is 0 Å². The molecule has 0 fully saturated rings. The molecule has 0 saturated heterocycles. The summed E-state index contributed by atoms with van der Waals surface area (Å²) in [6, 6.07) is 5.81. The third-order valence-corrected chi connectivity index (χ3v) is 4.21. The molecule has 17 heavy (non-hydrogen) atoms. The summed E-state index contributed by atoms with van der Waals surface area (Å²) in [7, 11) is 0. The van der Waals surface area contributed by atoms with Crippen molar-refractivity contribution in [1.29, 1.82) is 0 Å². The molecule has 0 aliphatic rings. The molecule has 0 aliphatic carbocycles. The molecule has 5 heteroatoms. The van der Waals surface area contributed by atoms with Crippen molar-refractivity contribution in [3.05, 3.63) is 49.3 Å². The van der Waals surface area contributed by atoms with Crippen LogP contribution < -0.4 is 5.32 Å². The van der Waals surface area contributed by atoms with Gasteiger partial charge in [-0.15, -0.1) is 11.3 Å². The molecule has 0 atom stereocenters. The van der Waals surface area contributed by atoms with Gasteiger partial charge in [-0.1, -0.05) is 27.5 Å². The highest BCUT2D eigenvalue weighted by Gasteiger charge is 2.02. The molecule has 0 unspecified atom stereocenters. The largest absolute Gasteiger partial charge is 0.308 e. The lowest BCUT2D eigenvalue weighted by Crippen LogP contribution is -2.12. The Balaban J connectivity index is 1.91. The highest BCUT2D eigenvalue weighted by Crippen LogP contribution is 2.21. The summed E-state index contributed by atoms with van der Waals surface area (Å²) in [6.45, 7) is 3.64. The topological polar surface area (TPSA) is 24.9 Å². The first-order chi connectivity index (χ1) is 8.15. The van der Waals surface area contributed by atoms with Crippen LogP contribution in [0.2, 0.25) is 5.02 Å². The number of aryl methyl sites for hydroxylation is 1. The zero-order chi connectivity index (χ0) is 12.3. The van der Waals surface area contributed by atoms with Crippen molar-refractivity contribution < 1.29 is 0 Å². The van der Waals surface area contributed by atoms with Gasteiger partial charge in [0.1, 0.15) is 0 Å². The van der Waals surface area contributed by atoms with E-state index in [9.17, 15) is 0 Å². The van der Waals surface area contributed by atoms with Crippen LogP contribution in [0.4, 0.5) is 0 Å². The SMILES string of the molecule is Cc1ncc(CNCc2cc(Cl)ccc2Br)s1. The van der Waals surface area contributed by atoms with E-state index < -0.39 is 0 Å². The van der Waals surface area contributed by atoms with Crippen LogP contribution in [0.5, 0.6) is 0 Å². The van der Waals surface area contributed by atoms with Gasteiger partial charge in [0.05, 0.1) is 5.01 Å². The highest BCUT2D eigenvalue weighted by molar-refractivity contribution is 9.10. The summed E-state index contributed by atoms with van der Waals surface area (Å²) in [5.74, 6) is 0. The van der Waals surface area contributed by atoms with Crippen LogP contribution in [-0.4, -0.2) is 4.98 Å². The fourth-order valence-electron chi connectivity index (χ4n) is 1.49. The number of halogens is 2. The van der Waals surface area contributed by atoms with Crippen LogP contribution in [0.25, 0.3) is 0 Å². The van der Waals surface area contributed by atoms with Crippen LogP contribution in [0.15, 0.2) is 28.9 Å². The molecule has 90 valence electrons. The van der Waals surface area contributed by atoms with Crippen LogP contribution in [0, 0.1) is 6.92 Å². The number of hydrogen-bond donors (Lipinski definition) is 1. The predicted octanol–water partition coefficient (Wildman–Crippen LogP) is 4.16. The molecule has 2 nitrogen and oxygen atoms in total. The van der Waals surface area contributed by atoms with Crippen LogP contribution in [-0.2, 0) is 13.1 Å². The van der Waals surface area contributed by atoms with E-state index in [2.05, 4.69) is 26.2 Å². The number of rotatable bonds is 4. The molecule has 0 saturated carbocycles. The monoisotopic (exact) mass is 330 g/mol. The summed E-state index contributed by atoms with van der Waals surface area (Å²) >= 11 is 11.2. The Labute approximate surface area is 118 Å². The van der Waals surface area contributed by atoms with Gasteiger partial charge < -0.3 is 5.32 Å². The molecule has 0 aliphatic heterocycles. The quantitative estimate of drug-likeness (QED) is 0.910. The van der Waals surface area contributed by atoms with Crippen molar-refractivity contribution >= 4 is 38.9 Å². The summed E-state index contributed by atoms with van der Waals surface area (Å²) in [4.78, 5) is 5.47. The zero-order valence-electron chi connectivity index (χ0n) is 9.34. The highest BCUT2D eigenvalue weighted by atomic mass is 79.9. The smallest absolute Gasteiger partial charge is 0.0897 e. The van der Waals surface area contributed by atoms with Crippen molar-refractivity contribution in [3.63, 3.8) is 0 Å². The second-order valence-corrected chi connectivity index (χ2v) is 6.29. The molecule has 0 amide bonds. The number of benzene rings is 1. The van der Waals surface area contributed by atoms with E-state index >= 15 is 0 Å². The fourth-order valence-corrected chi connectivity index (χ4v) is 2.83. The summed E-state index contributed by atoms with van der Waals surface area (Å²) in [5, 5.41) is 5.25. The number of nitrogens with zero attached hydrogens (tertiary/aromatic N) is 1. The Kier molecular flexibility index (Phi) is 4.56. The fraction of sp³-hybridized carbons (Fsp3) is 0.250. The van der Waals surface area contributed by atoms with Crippen molar-refractivity contribution in [2.45, 2.75) is 20.0 Å². The van der Waals surface area contributed by atoms with Gasteiger partial charge in [-0.05, 0) is 30.7 Å². The second kappa shape index (κ2) is 5.96. The van der Waals surface area contributed by atoms with Gasteiger partial charge in [0.2, 0.25) is 0 Å². The normalized spacial score (nSPS) is 10.8. The lowest BCUT2D eigenvalue weighted by molar-refractivity contribution is 0.698. The Hall–Kier alpha value is -0.420. The van der Waals surface area contributed by atoms with E-state index in [0.717, 1.165) is 27.6 Å². The van der Waals surface area contributed by atoms with E-state index in [1.54, 1.807) is 11.3 Å². The third kappa shape index (κ3) is 3.78. The van der Waals surface area contributed by atoms with E-state index in [-0.39, 0.29) is 0 Å². The van der Waals surface area contributed by atoms with Crippen LogP contribution in [0.1, 0.15) is 15.4 Å². The lowest BCUT2D eigenvalue weighted by Gasteiger charge is -2.06. The average molecular weight is 332 g/mol. The van der Waals surface area contributed by atoms with E-state index in [0.29, 0.717) is 0 Å². The van der Waals surface area contributed by atoms with Gasteiger partial charge in [-0.3, -0.25) is 0 Å². The molecule has 2 aromatic rings. The number of nitrogens with one attached hydrogen (secondary N) is 1. The van der Waals surface area contributed by atoms with Gasteiger partial charge in [0.25, 0.3) is 0 Å². The number of thiazole rings is 1. The van der Waals surface area contributed by atoms with Crippen LogP contribution >= 0.6 is 38.9 Å². The molecular formula is C12H12BrClN2S. The number of hydrogen-bond acceptors (Lipinski definition) is 3. The molecule has 1 N–H and O–H groups in total. The molecule has 2 rings (SSSR count). The maximum absolute atomic E-state index is 5.96. The van der Waals surface area contributed by atoms with Crippen molar-refractivity contribution in [1.82, 2.24) is 10.3 Å². The summed E-state index contributed by atoms with van der Waals surface area (Å²) < 4.78 is 1.08. The van der Waals surface area contributed by atoms with Crippen molar-refractivity contribution in [3.8, 4) is 0 Å². The Morgan fingerprint density at radius 1 is 1.41 bits per heavy atom. The first-order valence-electron chi connectivity index (χ1n) is 5.21. The molecular weight excluding hydrogens is 320 g/mol. The van der Waals surface area contributed by atoms with Crippen molar-refractivity contribution in [2.24, 2.45) is 0 Å².